The number of aliphatic hydroxyl groups is 1. The Bertz CT molecular complexity index is 1780. The van der Waals surface area contributed by atoms with Crippen molar-refractivity contribution in [2.45, 2.75) is 52.2 Å². The number of hydrogen-bond acceptors (Lipinski definition) is 6. The van der Waals surface area contributed by atoms with Gasteiger partial charge in [-0.1, -0.05) is 19.1 Å². The number of benzene rings is 1. The molecule has 7 rings (SSSR count). The molecule has 0 bridgehead atoms. The molecule has 4 aromatic rings. The van der Waals surface area contributed by atoms with Gasteiger partial charge in [-0.25, -0.2) is 0 Å². The Morgan fingerprint density at radius 1 is 0.933 bits per heavy atom. The monoisotopic (exact) mass is 606 g/mol. The summed E-state index contributed by atoms with van der Waals surface area (Å²) in [7, 11) is 1.76. The average Bonchev–Trinajstić information content (AvgIpc) is 3.47. The van der Waals surface area contributed by atoms with Crippen LogP contribution in [-0.2, 0) is 39.5 Å². The summed E-state index contributed by atoms with van der Waals surface area (Å²) in [5.41, 5.74) is 8.92. The van der Waals surface area contributed by atoms with Crippen LogP contribution in [0.3, 0.4) is 0 Å². The van der Waals surface area contributed by atoms with Crippen LogP contribution in [0.5, 0.6) is 0 Å². The van der Waals surface area contributed by atoms with Crippen LogP contribution in [0, 0.1) is 0 Å². The fourth-order valence-corrected chi connectivity index (χ4v) is 7.41. The van der Waals surface area contributed by atoms with Crippen LogP contribution in [0.1, 0.15) is 58.3 Å². The van der Waals surface area contributed by atoms with E-state index < -0.39 is 0 Å². The number of hydrogen-bond donors (Lipinski definition) is 1. The molecule has 0 atom stereocenters. The summed E-state index contributed by atoms with van der Waals surface area (Å²) in [5.74, 6) is -0.0228. The highest BCUT2D eigenvalue weighted by molar-refractivity contribution is 6.07. The molecule has 2 aliphatic heterocycles. The second-order valence-corrected chi connectivity index (χ2v) is 12.6. The predicted molar refractivity (Wildman–Crippen MR) is 177 cm³/mol. The number of carbonyl (C=O) groups is 1. The van der Waals surface area contributed by atoms with E-state index in [0.717, 1.165) is 86.0 Å². The van der Waals surface area contributed by atoms with Gasteiger partial charge >= 0.3 is 0 Å². The number of amides is 1. The van der Waals surface area contributed by atoms with Gasteiger partial charge in [0.05, 0.1) is 24.2 Å². The fourth-order valence-electron chi connectivity index (χ4n) is 7.41. The molecule has 234 valence electrons. The maximum Gasteiger partial charge on any atom is 0.274 e. The van der Waals surface area contributed by atoms with E-state index in [0.29, 0.717) is 24.1 Å². The van der Waals surface area contributed by atoms with Crippen LogP contribution in [0.2, 0.25) is 0 Å². The van der Waals surface area contributed by atoms with Gasteiger partial charge in [-0.3, -0.25) is 14.6 Å². The molecule has 0 saturated carbocycles. The van der Waals surface area contributed by atoms with E-state index in [-0.39, 0.29) is 18.1 Å². The Morgan fingerprint density at radius 2 is 1.76 bits per heavy atom. The minimum absolute atomic E-state index is 0.0228. The highest BCUT2D eigenvalue weighted by Gasteiger charge is 2.31. The standard InChI is InChI=1S/C36H42N6O3/c1-3-39-13-15-40(16-14-39)29-12-11-28(37-22-29)20-26-19-27(23-38(2)35(26)44)30-8-6-10-33(31(30)24-43)42-18-17-41-32-9-5-4-7-25(32)21-34(41)36(42)45/h6,8,10-12,19,21-23,43H,3-5,7,9,13-18,20,24H2,1-2H3. The van der Waals surface area contributed by atoms with Gasteiger partial charge in [0.2, 0.25) is 0 Å². The molecule has 9 nitrogen and oxygen atoms in total. The zero-order chi connectivity index (χ0) is 31.1. The number of pyridine rings is 2. The lowest BCUT2D eigenvalue weighted by Gasteiger charge is -2.35. The summed E-state index contributed by atoms with van der Waals surface area (Å²) in [4.78, 5) is 38.4. The fraction of sp³-hybridized carbons (Fsp3) is 0.417. The van der Waals surface area contributed by atoms with E-state index in [9.17, 15) is 14.7 Å². The summed E-state index contributed by atoms with van der Waals surface area (Å²) in [6, 6.07) is 13.9. The van der Waals surface area contributed by atoms with Gasteiger partial charge in [-0.05, 0) is 79.3 Å². The van der Waals surface area contributed by atoms with Crippen molar-refractivity contribution in [3.05, 3.63) is 99.0 Å². The zero-order valence-corrected chi connectivity index (χ0v) is 26.3. The van der Waals surface area contributed by atoms with Gasteiger partial charge in [-0.15, -0.1) is 0 Å². The predicted octanol–water partition coefficient (Wildman–Crippen LogP) is 4.01. The Balaban J connectivity index is 1.16. The maximum absolute atomic E-state index is 13.8. The van der Waals surface area contributed by atoms with Gasteiger partial charge in [0.25, 0.3) is 11.5 Å². The number of likely N-dealkylation sites (N-methyl/N-ethyl adjacent to an activating group) is 1. The number of piperazine rings is 1. The SMILES string of the molecule is CCN1CCN(c2ccc(Cc3cc(-c4cccc(N5CCn6c(cc7c6CCCC7)C5=O)c4CO)cn(C)c3=O)nc2)CC1. The van der Waals surface area contributed by atoms with E-state index >= 15 is 0 Å². The van der Waals surface area contributed by atoms with Crippen LogP contribution in [-0.4, -0.2) is 69.3 Å². The van der Waals surface area contributed by atoms with E-state index in [1.54, 1.807) is 11.6 Å². The molecule has 3 aromatic heterocycles. The van der Waals surface area contributed by atoms with Crippen molar-refractivity contribution in [3.63, 3.8) is 0 Å². The normalized spacial score (nSPS) is 17.0. The average molecular weight is 607 g/mol. The summed E-state index contributed by atoms with van der Waals surface area (Å²) in [6.07, 6.45) is 8.55. The Morgan fingerprint density at radius 3 is 2.51 bits per heavy atom. The molecule has 45 heavy (non-hydrogen) atoms. The molecule has 0 radical (unpaired) electrons. The van der Waals surface area contributed by atoms with Crippen LogP contribution >= 0.6 is 0 Å². The number of rotatable bonds is 7. The number of aromatic nitrogens is 3. The quantitative estimate of drug-likeness (QED) is 0.342. The number of aryl methyl sites for hydroxylation is 2. The lowest BCUT2D eigenvalue weighted by atomic mass is 9.96. The maximum atomic E-state index is 13.8. The molecule has 0 unspecified atom stereocenters. The van der Waals surface area contributed by atoms with Crippen LogP contribution in [0.25, 0.3) is 11.1 Å². The molecule has 9 heteroatoms. The van der Waals surface area contributed by atoms with E-state index in [4.69, 9.17) is 4.98 Å². The smallest absolute Gasteiger partial charge is 0.274 e. The summed E-state index contributed by atoms with van der Waals surface area (Å²) in [6.45, 7) is 8.44. The van der Waals surface area contributed by atoms with E-state index in [1.807, 2.05) is 47.6 Å². The topological polar surface area (TPSA) is 86.8 Å². The van der Waals surface area contributed by atoms with Crippen LogP contribution < -0.4 is 15.4 Å². The van der Waals surface area contributed by atoms with Crippen molar-refractivity contribution in [1.29, 1.82) is 0 Å². The lowest BCUT2D eigenvalue weighted by Crippen LogP contribution is -2.46. The van der Waals surface area contributed by atoms with Crippen molar-refractivity contribution in [3.8, 4) is 11.1 Å². The number of anilines is 2. The molecular weight excluding hydrogens is 564 g/mol. The minimum atomic E-state index is -0.222. The number of fused-ring (bicyclic) bond motifs is 3. The molecule has 1 N–H and O–H groups in total. The van der Waals surface area contributed by atoms with Crippen LogP contribution in [0.4, 0.5) is 11.4 Å². The second-order valence-electron chi connectivity index (χ2n) is 12.6. The van der Waals surface area contributed by atoms with Gasteiger partial charge in [0, 0.05) is 81.4 Å². The van der Waals surface area contributed by atoms with Crippen molar-refractivity contribution in [2.75, 3.05) is 49.1 Å². The Labute approximate surface area is 264 Å². The molecule has 1 saturated heterocycles. The Hall–Kier alpha value is -4.21. The first-order chi connectivity index (χ1) is 21.9. The zero-order valence-electron chi connectivity index (χ0n) is 26.3. The lowest BCUT2D eigenvalue weighted by molar-refractivity contribution is 0.0964. The third-order valence-corrected chi connectivity index (χ3v) is 9.95. The first-order valence-electron chi connectivity index (χ1n) is 16.3. The van der Waals surface area contributed by atoms with Crippen molar-refractivity contribution in [1.82, 2.24) is 19.0 Å². The highest BCUT2D eigenvalue weighted by atomic mass is 16.3. The second kappa shape index (κ2) is 12.3. The molecular formula is C36H42N6O3. The van der Waals surface area contributed by atoms with Gasteiger partial charge in [0.1, 0.15) is 5.69 Å². The third kappa shape index (κ3) is 5.48. The molecule has 1 aliphatic carbocycles. The van der Waals surface area contributed by atoms with E-state index in [1.165, 1.54) is 24.1 Å². The van der Waals surface area contributed by atoms with Gasteiger partial charge in [0.15, 0.2) is 0 Å². The van der Waals surface area contributed by atoms with E-state index in [2.05, 4.69) is 33.4 Å². The van der Waals surface area contributed by atoms with Gasteiger partial charge in [-0.2, -0.15) is 0 Å². The van der Waals surface area contributed by atoms with Gasteiger partial charge < -0.3 is 28.9 Å². The molecule has 0 spiro atoms. The highest BCUT2D eigenvalue weighted by Crippen LogP contribution is 2.35. The van der Waals surface area contributed by atoms with Crippen molar-refractivity contribution < 1.29 is 9.90 Å². The molecule has 1 fully saturated rings. The van der Waals surface area contributed by atoms with Crippen LogP contribution in [0.15, 0.2) is 59.7 Å². The molecule has 3 aliphatic rings. The largest absolute Gasteiger partial charge is 0.392 e. The number of carbonyl (C=O) groups excluding carboxylic acids is 1. The molecule has 1 aromatic carbocycles. The third-order valence-electron chi connectivity index (χ3n) is 9.95. The van der Waals surface area contributed by atoms with Crippen molar-refractivity contribution in [2.24, 2.45) is 7.05 Å². The summed E-state index contributed by atoms with van der Waals surface area (Å²) in [5, 5.41) is 10.7. The summed E-state index contributed by atoms with van der Waals surface area (Å²) >= 11 is 0. The van der Waals surface area contributed by atoms with Crippen molar-refractivity contribution >= 4 is 17.3 Å². The molecule has 1 amide bonds. The first kappa shape index (κ1) is 29.5. The minimum Gasteiger partial charge on any atom is -0.392 e. The Kier molecular flexibility index (Phi) is 8.06. The summed E-state index contributed by atoms with van der Waals surface area (Å²) < 4.78 is 3.81. The number of nitrogens with zero attached hydrogens (tertiary/aromatic N) is 6. The number of aliphatic hydroxyl groups excluding tert-OH is 1. The first-order valence-corrected chi connectivity index (χ1v) is 16.3. The molecule has 5 heterocycles.